The van der Waals surface area contributed by atoms with Gasteiger partial charge in [-0.25, -0.2) is 8.42 Å². The Morgan fingerprint density at radius 1 is 1.21 bits per heavy atom. The topological polar surface area (TPSA) is 52.6 Å². The second-order valence-corrected chi connectivity index (χ2v) is 7.32. The lowest BCUT2D eigenvalue weighted by molar-refractivity contribution is 0.267. The van der Waals surface area contributed by atoms with Crippen molar-refractivity contribution in [3.8, 4) is 11.5 Å². The average molecular weight is 307 g/mol. The maximum Gasteiger partial charge on any atom is 0.232 e. The summed E-state index contributed by atoms with van der Waals surface area (Å²) in [5.74, 6) is 1.63. The molecule has 0 aliphatic rings. The minimum Gasteiger partial charge on any atom is -0.493 e. The molecule has 4 nitrogen and oxygen atoms in total. The molecule has 1 rings (SSSR count). The van der Waals surface area contributed by atoms with E-state index in [0.717, 1.165) is 6.42 Å². The quantitative estimate of drug-likeness (QED) is 0.693. The van der Waals surface area contributed by atoms with Crippen LogP contribution in [0.25, 0.3) is 0 Å². The Morgan fingerprint density at radius 2 is 1.84 bits per heavy atom. The van der Waals surface area contributed by atoms with Crippen LogP contribution < -0.4 is 9.47 Å². The lowest BCUT2D eigenvalue weighted by Gasteiger charge is -2.13. The fourth-order valence-corrected chi connectivity index (χ4v) is 2.55. The molecule has 0 saturated heterocycles. The van der Waals surface area contributed by atoms with Crippen molar-refractivity contribution in [3.05, 3.63) is 24.3 Å². The molecule has 0 heterocycles. The summed E-state index contributed by atoms with van der Waals surface area (Å²) < 4.78 is 32.5. The minimum atomic E-state index is -3.40. The van der Waals surface area contributed by atoms with Gasteiger partial charge in [0, 0.05) is 10.7 Å². The van der Waals surface area contributed by atoms with Crippen LogP contribution >= 0.6 is 10.7 Å². The highest BCUT2D eigenvalue weighted by molar-refractivity contribution is 8.13. The second kappa shape index (κ2) is 7.60. The van der Waals surface area contributed by atoms with Crippen molar-refractivity contribution in [1.82, 2.24) is 0 Å². The van der Waals surface area contributed by atoms with Crippen LogP contribution in [0.2, 0.25) is 0 Å². The van der Waals surface area contributed by atoms with Crippen LogP contribution in [0, 0.1) is 5.92 Å². The Morgan fingerprint density at radius 3 is 2.42 bits per heavy atom. The van der Waals surface area contributed by atoms with E-state index in [-0.39, 0.29) is 11.7 Å². The number of hydrogen-bond donors (Lipinski definition) is 0. The van der Waals surface area contributed by atoms with Crippen molar-refractivity contribution in [2.45, 2.75) is 19.8 Å². The van der Waals surface area contributed by atoms with Crippen LogP contribution in [0.5, 0.6) is 11.5 Å². The molecule has 0 radical (unpaired) electrons. The summed E-state index contributed by atoms with van der Waals surface area (Å²) in [6, 6.07) is 7.42. The summed E-state index contributed by atoms with van der Waals surface area (Å²) in [7, 11) is 3.37. The predicted octanol–water partition coefficient (Wildman–Crippen LogP) is 3.06. The average Bonchev–Trinajstić information content (AvgIpc) is 2.36. The molecule has 0 aliphatic heterocycles. The van der Waals surface area contributed by atoms with Gasteiger partial charge in [0.1, 0.15) is 0 Å². The van der Waals surface area contributed by atoms with Gasteiger partial charge in [-0.2, -0.15) is 0 Å². The molecule has 0 aromatic heterocycles. The summed E-state index contributed by atoms with van der Waals surface area (Å²) in [6.07, 6.45) is 1.31. The molecular formula is C13H19ClO4S. The van der Waals surface area contributed by atoms with Gasteiger partial charge in [0.15, 0.2) is 11.5 Å². The van der Waals surface area contributed by atoms with E-state index in [4.69, 9.17) is 20.2 Å². The smallest absolute Gasteiger partial charge is 0.232 e. The van der Waals surface area contributed by atoms with Crippen molar-refractivity contribution in [2.24, 2.45) is 5.92 Å². The van der Waals surface area contributed by atoms with Crippen molar-refractivity contribution in [2.75, 3.05) is 19.5 Å². The molecule has 1 aromatic rings. The van der Waals surface area contributed by atoms with E-state index in [9.17, 15) is 8.42 Å². The summed E-state index contributed by atoms with van der Waals surface area (Å²) in [5.41, 5.74) is 0. The molecule has 108 valence electrons. The van der Waals surface area contributed by atoms with Gasteiger partial charge in [-0.05, 0) is 30.9 Å². The first kappa shape index (κ1) is 16.1. The van der Waals surface area contributed by atoms with Gasteiger partial charge in [-0.3, -0.25) is 0 Å². The number of hydrogen-bond acceptors (Lipinski definition) is 4. The van der Waals surface area contributed by atoms with Gasteiger partial charge in [0.25, 0.3) is 0 Å². The summed E-state index contributed by atoms with van der Waals surface area (Å²) >= 11 is 0. The maximum absolute atomic E-state index is 10.8. The molecule has 0 amide bonds. The number of ether oxygens (including phenoxy) is 2. The molecule has 1 aromatic carbocycles. The zero-order valence-electron chi connectivity index (χ0n) is 11.1. The third-order valence-electron chi connectivity index (χ3n) is 2.79. The van der Waals surface area contributed by atoms with Crippen LogP contribution in [0.4, 0.5) is 0 Å². The SMILES string of the molecule is COc1ccccc1OCCC(C)CCS(=O)(=O)Cl. The first-order valence-corrected chi connectivity index (χ1v) is 8.58. The summed E-state index contributed by atoms with van der Waals surface area (Å²) in [4.78, 5) is 0. The highest BCUT2D eigenvalue weighted by atomic mass is 35.7. The molecule has 1 unspecified atom stereocenters. The monoisotopic (exact) mass is 306 g/mol. The van der Waals surface area contributed by atoms with Gasteiger partial charge in [-0.15, -0.1) is 0 Å². The van der Waals surface area contributed by atoms with E-state index in [1.54, 1.807) is 7.11 Å². The Bertz CT molecular complexity index is 487. The maximum atomic E-state index is 10.8. The van der Waals surface area contributed by atoms with E-state index in [0.29, 0.717) is 24.5 Å². The lowest BCUT2D eigenvalue weighted by Crippen LogP contribution is -2.08. The molecule has 0 fully saturated rings. The highest BCUT2D eigenvalue weighted by Crippen LogP contribution is 2.26. The Balaban J connectivity index is 2.33. The number of methoxy groups -OCH3 is 1. The number of benzene rings is 1. The number of halogens is 1. The van der Waals surface area contributed by atoms with Crippen molar-refractivity contribution in [1.29, 1.82) is 0 Å². The van der Waals surface area contributed by atoms with Crippen LogP contribution in [0.15, 0.2) is 24.3 Å². The fourth-order valence-electron chi connectivity index (χ4n) is 1.59. The van der Waals surface area contributed by atoms with Crippen molar-refractivity contribution < 1.29 is 17.9 Å². The minimum absolute atomic E-state index is 0.00435. The van der Waals surface area contributed by atoms with Gasteiger partial charge >= 0.3 is 0 Å². The highest BCUT2D eigenvalue weighted by Gasteiger charge is 2.10. The van der Waals surface area contributed by atoms with Gasteiger partial charge in [0.2, 0.25) is 9.05 Å². The van der Waals surface area contributed by atoms with Crippen LogP contribution in [0.1, 0.15) is 19.8 Å². The third kappa shape index (κ3) is 6.68. The standard InChI is InChI=1S/C13H19ClO4S/c1-11(8-10-19(14,15)16)7-9-18-13-6-4-3-5-12(13)17-2/h3-6,11H,7-10H2,1-2H3. The molecule has 19 heavy (non-hydrogen) atoms. The van der Waals surface area contributed by atoms with Gasteiger partial charge in [-0.1, -0.05) is 19.1 Å². The molecular weight excluding hydrogens is 288 g/mol. The van der Waals surface area contributed by atoms with Gasteiger partial charge < -0.3 is 9.47 Å². The Labute approximate surface area is 119 Å². The normalized spacial score (nSPS) is 13.0. The zero-order chi connectivity index (χ0) is 14.3. The number of para-hydroxylation sites is 2. The van der Waals surface area contributed by atoms with E-state index in [2.05, 4.69) is 0 Å². The number of rotatable bonds is 8. The van der Waals surface area contributed by atoms with Crippen molar-refractivity contribution >= 4 is 19.7 Å². The van der Waals surface area contributed by atoms with E-state index in [1.165, 1.54) is 0 Å². The molecule has 0 saturated carbocycles. The molecule has 0 spiro atoms. The molecule has 6 heteroatoms. The Kier molecular flexibility index (Phi) is 6.45. The first-order chi connectivity index (χ1) is 8.92. The van der Waals surface area contributed by atoms with E-state index in [1.807, 2.05) is 31.2 Å². The summed E-state index contributed by atoms with van der Waals surface area (Å²) in [6.45, 7) is 2.50. The fraction of sp³-hybridized carbons (Fsp3) is 0.538. The lowest BCUT2D eigenvalue weighted by atomic mass is 10.1. The van der Waals surface area contributed by atoms with Crippen LogP contribution in [-0.4, -0.2) is 27.9 Å². The summed E-state index contributed by atoms with van der Waals surface area (Å²) in [5, 5.41) is 0. The molecule has 0 N–H and O–H groups in total. The van der Waals surface area contributed by atoms with E-state index >= 15 is 0 Å². The van der Waals surface area contributed by atoms with Crippen molar-refractivity contribution in [3.63, 3.8) is 0 Å². The largest absolute Gasteiger partial charge is 0.493 e. The van der Waals surface area contributed by atoms with Crippen LogP contribution in [-0.2, 0) is 9.05 Å². The van der Waals surface area contributed by atoms with Gasteiger partial charge in [0.05, 0.1) is 19.5 Å². The second-order valence-electron chi connectivity index (χ2n) is 4.42. The Hall–Kier alpha value is -0.940. The third-order valence-corrected chi connectivity index (χ3v) is 3.98. The van der Waals surface area contributed by atoms with E-state index < -0.39 is 9.05 Å². The first-order valence-electron chi connectivity index (χ1n) is 6.10. The van der Waals surface area contributed by atoms with Crippen LogP contribution in [0.3, 0.4) is 0 Å². The molecule has 0 bridgehead atoms. The molecule has 0 aliphatic carbocycles. The zero-order valence-corrected chi connectivity index (χ0v) is 12.7. The molecule has 1 atom stereocenters. The predicted molar refractivity (Wildman–Crippen MR) is 76.5 cm³/mol.